The number of hydrogen-bond acceptors (Lipinski definition) is 14. The van der Waals surface area contributed by atoms with E-state index in [0.717, 1.165) is 0 Å². The first-order chi connectivity index (χ1) is 19.3. The van der Waals surface area contributed by atoms with Crippen molar-refractivity contribution < 1.29 is 57.0 Å². The molecule has 0 unspecified atom stereocenters. The highest BCUT2D eigenvalue weighted by molar-refractivity contribution is 5.77. The highest BCUT2D eigenvalue weighted by atomic mass is 16.6. The summed E-state index contributed by atoms with van der Waals surface area (Å²) in [6.45, 7) is 10.7. The molecule has 0 saturated heterocycles. The average molecular weight is 574 g/mol. The number of nitrogens with one attached hydrogen (secondary N) is 1. The fourth-order valence-corrected chi connectivity index (χ4v) is 2.55. The molecule has 0 aliphatic rings. The molecule has 0 heterocycles. The van der Waals surface area contributed by atoms with Gasteiger partial charge in [0.25, 0.3) is 0 Å². The molecule has 0 spiro atoms. The zero-order valence-corrected chi connectivity index (χ0v) is 23.3. The van der Waals surface area contributed by atoms with E-state index < -0.39 is 0 Å². The Labute approximate surface area is 232 Å². The lowest BCUT2D eigenvalue weighted by Gasteiger charge is -2.09. The van der Waals surface area contributed by atoms with E-state index in [2.05, 4.69) is 10.2 Å². The van der Waals surface area contributed by atoms with Gasteiger partial charge in [0.15, 0.2) is 0 Å². The molecular weight excluding hydrogens is 522 g/mol. The Bertz CT molecular complexity index is 484. The topological polar surface area (TPSA) is 183 Å². The number of nitrogens with two attached hydrogens (primary N) is 2. The van der Waals surface area contributed by atoms with Crippen molar-refractivity contribution in [3.8, 4) is 0 Å². The second-order valence-electron chi connectivity index (χ2n) is 7.57. The Kier molecular flexibility index (Phi) is 34.0. The molecule has 15 heteroatoms. The number of ether oxygens (including phenoxy) is 10. The number of carbonyl (C=O) groups excluding carboxylic acids is 1. The van der Waals surface area contributed by atoms with Crippen molar-refractivity contribution >= 4 is 5.91 Å². The van der Waals surface area contributed by atoms with E-state index in [1.54, 1.807) is 0 Å². The van der Waals surface area contributed by atoms with Gasteiger partial charge >= 0.3 is 0 Å². The Morgan fingerprint density at radius 1 is 0.436 bits per heavy atom. The van der Waals surface area contributed by atoms with E-state index in [1.807, 2.05) is 0 Å². The Balaban J connectivity index is 3.04. The van der Waals surface area contributed by atoms with E-state index in [1.165, 1.54) is 0 Å². The Morgan fingerprint density at radius 2 is 0.692 bits per heavy atom. The lowest BCUT2D eigenvalue weighted by atomic mass is 10.6. The monoisotopic (exact) mass is 573 g/mol. The summed E-state index contributed by atoms with van der Waals surface area (Å²) in [4.78, 5) is 15.3. The van der Waals surface area contributed by atoms with Crippen LogP contribution in [0.5, 0.6) is 0 Å². The molecule has 0 aromatic heterocycles. The van der Waals surface area contributed by atoms with Gasteiger partial charge in [0, 0.05) is 13.1 Å². The third kappa shape index (κ3) is 34.9. The first kappa shape index (κ1) is 38.0. The molecule has 0 radical (unpaired) electrons. The van der Waals surface area contributed by atoms with Crippen molar-refractivity contribution in [2.24, 2.45) is 11.6 Å². The predicted octanol–water partition coefficient (Wildman–Crippen LogP) is -1.88. The molecule has 0 rings (SSSR count). The van der Waals surface area contributed by atoms with Crippen LogP contribution < -0.4 is 16.9 Å². The van der Waals surface area contributed by atoms with E-state index in [4.69, 9.17) is 59.0 Å². The first-order valence-electron chi connectivity index (χ1n) is 13.4. The highest BCUT2D eigenvalue weighted by Gasteiger charge is 1.99. The van der Waals surface area contributed by atoms with Crippen LogP contribution in [0.4, 0.5) is 0 Å². The normalized spacial score (nSPS) is 11.3. The zero-order valence-electron chi connectivity index (χ0n) is 23.3. The van der Waals surface area contributed by atoms with E-state index in [0.29, 0.717) is 145 Å². The molecule has 0 bridgehead atoms. The smallest absolute Gasteiger partial charge is 0.248 e. The summed E-state index contributed by atoms with van der Waals surface area (Å²) < 4.78 is 53.8. The van der Waals surface area contributed by atoms with Gasteiger partial charge in [-0.1, -0.05) is 0 Å². The first-order valence-corrected chi connectivity index (χ1v) is 13.4. The van der Waals surface area contributed by atoms with Crippen LogP contribution in [0, 0.1) is 0 Å². The fraction of sp³-hybridized carbons (Fsp3) is 0.958. The number of amides is 1. The summed E-state index contributed by atoms with van der Waals surface area (Å²) in [7, 11) is 0. The van der Waals surface area contributed by atoms with Crippen LogP contribution in [0.15, 0.2) is 0 Å². The lowest BCUT2D eigenvalue weighted by molar-refractivity contribution is -0.126. The summed E-state index contributed by atoms with van der Waals surface area (Å²) in [6.07, 6.45) is 0. The molecule has 0 fully saturated rings. The standard InChI is InChI=1S/C24H51N3O12/c25-1-3-29-5-7-31-9-11-33-13-15-35-17-19-37-21-22-38-20-18-36-16-14-34-12-10-32-8-6-30-4-2-27-24(28)23-39-26/h1-23,25-26H2,(H,27,28). The van der Waals surface area contributed by atoms with Gasteiger partial charge in [0.05, 0.1) is 132 Å². The van der Waals surface area contributed by atoms with Crippen LogP contribution in [-0.4, -0.2) is 158 Å². The zero-order chi connectivity index (χ0) is 28.3. The van der Waals surface area contributed by atoms with Gasteiger partial charge in [-0.15, -0.1) is 0 Å². The molecule has 0 aromatic carbocycles. The lowest BCUT2D eigenvalue weighted by Crippen LogP contribution is -2.31. The molecule has 0 atom stereocenters. The largest absolute Gasteiger partial charge is 0.378 e. The maximum Gasteiger partial charge on any atom is 0.248 e. The third-order valence-corrected chi connectivity index (χ3v) is 4.39. The maximum atomic E-state index is 11.1. The molecule has 0 aliphatic heterocycles. The van der Waals surface area contributed by atoms with Crippen LogP contribution in [-0.2, 0) is 57.0 Å². The maximum absolute atomic E-state index is 11.1. The molecule has 0 aliphatic carbocycles. The molecule has 234 valence electrons. The van der Waals surface area contributed by atoms with Crippen molar-refractivity contribution in [3.63, 3.8) is 0 Å². The third-order valence-electron chi connectivity index (χ3n) is 4.39. The van der Waals surface area contributed by atoms with Gasteiger partial charge < -0.3 is 58.4 Å². The van der Waals surface area contributed by atoms with Gasteiger partial charge in [-0.05, 0) is 0 Å². The van der Waals surface area contributed by atoms with Gasteiger partial charge in [-0.25, -0.2) is 5.90 Å². The van der Waals surface area contributed by atoms with E-state index in [-0.39, 0.29) is 12.5 Å². The average Bonchev–Trinajstić information content (AvgIpc) is 2.94. The van der Waals surface area contributed by atoms with Gasteiger partial charge in [0.2, 0.25) is 5.91 Å². The van der Waals surface area contributed by atoms with Crippen molar-refractivity contribution in [1.29, 1.82) is 0 Å². The predicted molar refractivity (Wildman–Crippen MR) is 140 cm³/mol. The Morgan fingerprint density at radius 3 is 0.949 bits per heavy atom. The minimum absolute atomic E-state index is 0.168. The van der Waals surface area contributed by atoms with Crippen LogP contribution >= 0.6 is 0 Å². The summed E-state index contributed by atoms with van der Waals surface area (Å²) >= 11 is 0. The van der Waals surface area contributed by atoms with Gasteiger partial charge in [0.1, 0.15) is 6.61 Å². The van der Waals surface area contributed by atoms with Crippen molar-refractivity contribution in [1.82, 2.24) is 5.32 Å². The van der Waals surface area contributed by atoms with Crippen LogP contribution in [0.3, 0.4) is 0 Å². The molecule has 0 saturated carbocycles. The summed E-state index contributed by atoms with van der Waals surface area (Å²) in [5.41, 5.74) is 5.32. The SMILES string of the molecule is NCCOCCOCCOCCOCCOCCOCCOCCOCCOCCOCCNC(=O)CON. The van der Waals surface area contributed by atoms with Crippen molar-refractivity contribution in [2.75, 3.05) is 152 Å². The van der Waals surface area contributed by atoms with Crippen LogP contribution in [0.2, 0.25) is 0 Å². The number of hydrogen-bond donors (Lipinski definition) is 3. The molecule has 39 heavy (non-hydrogen) atoms. The molecule has 0 aromatic rings. The fourth-order valence-electron chi connectivity index (χ4n) is 2.55. The summed E-state index contributed by atoms with van der Waals surface area (Å²) in [5.74, 6) is 4.51. The number of carbonyl (C=O) groups is 1. The van der Waals surface area contributed by atoms with E-state index in [9.17, 15) is 4.79 Å². The summed E-state index contributed by atoms with van der Waals surface area (Å²) in [6, 6.07) is 0. The molecule has 5 N–H and O–H groups in total. The summed E-state index contributed by atoms with van der Waals surface area (Å²) in [5, 5.41) is 2.59. The minimum Gasteiger partial charge on any atom is -0.378 e. The molecular formula is C24H51N3O12. The Hall–Kier alpha value is -1.05. The van der Waals surface area contributed by atoms with Gasteiger partial charge in [-0.2, -0.15) is 0 Å². The van der Waals surface area contributed by atoms with Crippen molar-refractivity contribution in [3.05, 3.63) is 0 Å². The number of rotatable bonds is 34. The van der Waals surface area contributed by atoms with Crippen LogP contribution in [0.1, 0.15) is 0 Å². The van der Waals surface area contributed by atoms with E-state index >= 15 is 0 Å². The quantitative estimate of drug-likeness (QED) is 0.0574. The minimum atomic E-state index is -0.285. The van der Waals surface area contributed by atoms with Crippen molar-refractivity contribution in [2.45, 2.75) is 0 Å². The van der Waals surface area contributed by atoms with Gasteiger partial charge in [-0.3, -0.25) is 9.63 Å². The second-order valence-corrected chi connectivity index (χ2v) is 7.57. The van der Waals surface area contributed by atoms with Crippen LogP contribution in [0.25, 0.3) is 0 Å². The molecule has 15 nitrogen and oxygen atoms in total. The molecule has 1 amide bonds. The second kappa shape index (κ2) is 35.0. The highest BCUT2D eigenvalue weighted by Crippen LogP contribution is 1.86.